The van der Waals surface area contributed by atoms with Crippen LogP contribution >= 0.6 is 0 Å². The number of phenols is 1. The van der Waals surface area contributed by atoms with Crippen LogP contribution in [0.25, 0.3) is 11.4 Å². The van der Waals surface area contributed by atoms with Gasteiger partial charge < -0.3 is 15.4 Å². The van der Waals surface area contributed by atoms with Crippen molar-refractivity contribution >= 4 is 5.69 Å². The number of hydrogen-bond donors (Lipinski definition) is 2. The van der Waals surface area contributed by atoms with Gasteiger partial charge in [0.2, 0.25) is 0 Å². The molecule has 3 rings (SSSR count). The Bertz CT molecular complexity index is 576. The summed E-state index contributed by atoms with van der Waals surface area (Å²) in [6, 6.07) is 5.17. The Morgan fingerprint density at radius 3 is 2.89 bits per heavy atom. The molecular weight excluding hydrogens is 228 g/mol. The van der Waals surface area contributed by atoms with E-state index in [9.17, 15) is 5.11 Å². The first-order valence-corrected chi connectivity index (χ1v) is 6.26. The lowest BCUT2D eigenvalue weighted by Crippen LogP contribution is -2.03. The van der Waals surface area contributed by atoms with Crippen molar-refractivity contribution in [2.24, 2.45) is 0 Å². The average molecular weight is 244 g/mol. The molecule has 18 heavy (non-hydrogen) atoms. The molecule has 1 aliphatic rings. The van der Waals surface area contributed by atoms with Gasteiger partial charge in [0.05, 0.1) is 5.69 Å². The largest absolute Gasteiger partial charge is 0.506 e. The number of aromatic hydroxyl groups is 1. The summed E-state index contributed by atoms with van der Waals surface area (Å²) in [6.45, 7) is 0.957. The first-order chi connectivity index (χ1) is 8.75. The van der Waals surface area contributed by atoms with Gasteiger partial charge in [-0.05, 0) is 31.0 Å². The molecule has 1 aromatic heterocycles. The summed E-state index contributed by atoms with van der Waals surface area (Å²) in [4.78, 5) is 0. The van der Waals surface area contributed by atoms with Crippen LogP contribution in [0.4, 0.5) is 5.69 Å². The number of hydrogen-bond acceptors (Lipinski definition) is 4. The van der Waals surface area contributed by atoms with E-state index in [2.05, 4.69) is 14.8 Å². The van der Waals surface area contributed by atoms with Crippen molar-refractivity contribution in [1.82, 2.24) is 14.8 Å². The maximum atomic E-state index is 9.46. The van der Waals surface area contributed by atoms with Gasteiger partial charge in [0, 0.05) is 18.5 Å². The van der Waals surface area contributed by atoms with Crippen LogP contribution in [0.1, 0.15) is 25.1 Å². The number of rotatable bonds is 1. The topological polar surface area (TPSA) is 77.0 Å². The third-order valence-corrected chi connectivity index (χ3v) is 3.40. The van der Waals surface area contributed by atoms with Crippen LogP contribution in [-0.4, -0.2) is 19.9 Å². The zero-order valence-corrected chi connectivity index (χ0v) is 10.1. The van der Waals surface area contributed by atoms with Crippen LogP contribution in [0.15, 0.2) is 18.2 Å². The summed E-state index contributed by atoms with van der Waals surface area (Å²) in [5, 5.41) is 18.0. The molecular formula is C13H16N4O. The van der Waals surface area contributed by atoms with E-state index in [1.54, 1.807) is 12.1 Å². The Labute approximate surface area is 105 Å². The Hall–Kier alpha value is -2.04. The normalized spacial score (nSPS) is 15.1. The average Bonchev–Trinajstić information content (AvgIpc) is 2.62. The van der Waals surface area contributed by atoms with Crippen LogP contribution in [0.2, 0.25) is 0 Å². The fourth-order valence-corrected chi connectivity index (χ4v) is 2.39. The van der Waals surface area contributed by atoms with Crippen LogP contribution in [0.3, 0.4) is 0 Å². The van der Waals surface area contributed by atoms with Crippen LogP contribution in [-0.2, 0) is 13.0 Å². The molecule has 0 unspecified atom stereocenters. The second-order valence-electron chi connectivity index (χ2n) is 4.68. The molecule has 0 saturated heterocycles. The van der Waals surface area contributed by atoms with Crippen molar-refractivity contribution in [3.05, 3.63) is 24.0 Å². The third-order valence-electron chi connectivity index (χ3n) is 3.40. The number of nitrogens with two attached hydrogens (primary N) is 1. The molecule has 2 heterocycles. The van der Waals surface area contributed by atoms with Crippen LogP contribution < -0.4 is 5.73 Å². The van der Waals surface area contributed by atoms with Gasteiger partial charge >= 0.3 is 0 Å². The van der Waals surface area contributed by atoms with Crippen LogP contribution in [0, 0.1) is 0 Å². The van der Waals surface area contributed by atoms with Gasteiger partial charge in [-0.25, -0.2) is 0 Å². The number of aryl methyl sites for hydroxylation is 1. The fraction of sp³-hybridized carbons (Fsp3) is 0.385. The molecule has 0 bridgehead atoms. The van der Waals surface area contributed by atoms with Gasteiger partial charge in [-0.1, -0.05) is 6.42 Å². The number of anilines is 1. The molecule has 0 radical (unpaired) electrons. The highest BCUT2D eigenvalue weighted by Crippen LogP contribution is 2.28. The molecule has 0 amide bonds. The Balaban J connectivity index is 2.06. The molecule has 0 atom stereocenters. The van der Waals surface area contributed by atoms with Gasteiger partial charge in [0.1, 0.15) is 11.6 Å². The predicted octanol–water partition coefficient (Wildman–Crippen LogP) is 1.96. The van der Waals surface area contributed by atoms with E-state index in [-0.39, 0.29) is 5.75 Å². The van der Waals surface area contributed by atoms with Gasteiger partial charge in [0.25, 0.3) is 0 Å². The Morgan fingerprint density at radius 1 is 1.17 bits per heavy atom. The Kier molecular flexibility index (Phi) is 2.66. The zero-order valence-electron chi connectivity index (χ0n) is 10.1. The maximum Gasteiger partial charge on any atom is 0.164 e. The molecule has 2 aromatic rings. The third kappa shape index (κ3) is 1.81. The summed E-state index contributed by atoms with van der Waals surface area (Å²) in [7, 11) is 0. The van der Waals surface area contributed by atoms with E-state index >= 15 is 0 Å². The smallest absolute Gasteiger partial charge is 0.164 e. The standard InChI is InChI=1S/C13H16N4O/c14-10-8-9(5-6-11(10)18)13-16-15-12-4-2-1-3-7-17(12)13/h5-6,8,18H,1-4,7,14H2. The molecule has 0 aliphatic carbocycles. The minimum atomic E-state index is 0.106. The molecule has 1 aromatic carbocycles. The summed E-state index contributed by atoms with van der Waals surface area (Å²) in [6.07, 6.45) is 4.56. The molecule has 94 valence electrons. The first-order valence-electron chi connectivity index (χ1n) is 6.26. The van der Waals surface area contributed by atoms with Crippen molar-refractivity contribution in [3.63, 3.8) is 0 Å². The number of nitrogens with zero attached hydrogens (tertiary/aromatic N) is 3. The quantitative estimate of drug-likeness (QED) is 0.594. The lowest BCUT2D eigenvalue weighted by molar-refractivity contribution is 0.478. The van der Waals surface area contributed by atoms with Gasteiger partial charge in [-0.15, -0.1) is 10.2 Å². The molecule has 0 fully saturated rings. The molecule has 3 N–H and O–H groups in total. The highest BCUT2D eigenvalue weighted by atomic mass is 16.3. The SMILES string of the molecule is Nc1cc(-c2nnc3n2CCCCC3)ccc1O. The highest BCUT2D eigenvalue weighted by Gasteiger charge is 2.16. The number of aromatic nitrogens is 3. The van der Waals surface area contributed by atoms with Crippen molar-refractivity contribution < 1.29 is 5.11 Å². The van der Waals surface area contributed by atoms with E-state index in [4.69, 9.17) is 5.73 Å². The molecule has 5 heteroatoms. The van der Waals surface area contributed by atoms with Crippen LogP contribution in [0.5, 0.6) is 5.75 Å². The fourth-order valence-electron chi connectivity index (χ4n) is 2.39. The molecule has 0 saturated carbocycles. The van der Waals surface area contributed by atoms with Crippen molar-refractivity contribution in [2.75, 3.05) is 5.73 Å². The summed E-state index contributed by atoms with van der Waals surface area (Å²) >= 11 is 0. The van der Waals surface area contributed by atoms with E-state index < -0.39 is 0 Å². The number of benzene rings is 1. The first kappa shape index (κ1) is 11.1. The van der Waals surface area contributed by atoms with Crippen molar-refractivity contribution in [2.45, 2.75) is 32.2 Å². The molecule has 5 nitrogen and oxygen atoms in total. The van der Waals surface area contributed by atoms with Gasteiger partial charge in [0.15, 0.2) is 5.82 Å². The highest BCUT2D eigenvalue weighted by molar-refractivity contribution is 5.66. The minimum absolute atomic E-state index is 0.106. The zero-order chi connectivity index (χ0) is 12.5. The lowest BCUT2D eigenvalue weighted by Gasteiger charge is -2.08. The number of fused-ring (bicyclic) bond motifs is 1. The maximum absolute atomic E-state index is 9.46. The minimum Gasteiger partial charge on any atom is -0.506 e. The van der Waals surface area contributed by atoms with E-state index in [1.165, 1.54) is 12.8 Å². The predicted molar refractivity (Wildman–Crippen MR) is 69.1 cm³/mol. The van der Waals surface area contributed by atoms with Gasteiger partial charge in [-0.3, -0.25) is 0 Å². The summed E-state index contributed by atoms with van der Waals surface area (Å²) < 4.78 is 2.17. The van der Waals surface area contributed by atoms with E-state index in [1.807, 2.05) is 6.07 Å². The van der Waals surface area contributed by atoms with Gasteiger partial charge in [-0.2, -0.15) is 0 Å². The molecule has 1 aliphatic heterocycles. The second kappa shape index (κ2) is 4.33. The number of phenolic OH excluding ortho intramolecular Hbond substituents is 1. The van der Waals surface area contributed by atoms with Crippen molar-refractivity contribution in [1.29, 1.82) is 0 Å². The summed E-state index contributed by atoms with van der Waals surface area (Å²) in [5.74, 6) is 2.00. The Morgan fingerprint density at radius 2 is 2.06 bits per heavy atom. The lowest BCUT2D eigenvalue weighted by atomic mass is 10.1. The van der Waals surface area contributed by atoms with Crippen molar-refractivity contribution in [3.8, 4) is 17.1 Å². The monoisotopic (exact) mass is 244 g/mol. The number of nitrogen functional groups attached to an aromatic ring is 1. The second-order valence-corrected chi connectivity index (χ2v) is 4.68. The van der Waals surface area contributed by atoms with E-state index in [0.717, 1.165) is 36.6 Å². The summed E-state index contributed by atoms with van der Waals surface area (Å²) in [5.41, 5.74) is 7.01. The molecule has 0 spiro atoms. The van der Waals surface area contributed by atoms with E-state index in [0.29, 0.717) is 5.69 Å².